The molecule has 0 aliphatic heterocycles. The topological polar surface area (TPSA) is 95.9 Å². The van der Waals surface area contributed by atoms with Crippen LogP contribution in [-0.4, -0.2) is 46.9 Å². The van der Waals surface area contributed by atoms with Crippen LogP contribution < -0.4 is 5.32 Å². The number of carbonyl (C=O) groups is 2. The lowest BCUT2D eigenvalue weighted by Gasteiger charge is -2.24. The van der Waals surface area contributed by atoms with Gasteiger partial charge in [0, 0.05) is 6.42 Å². The van der Waals surface area contributed by atoms with Crippen LogP contribution in [0.5, 0.6) is 0 Å². The first-order valence-electron chi connectivity index (χ1n) is 25.2. The second-order valence-electron chi connectivity index (χ2n) is 17.2. The molecule has 0 aliphatic carbocycles. The average Bonchev–Trinajstić information content (AvgIpc) is 3.22. The number of esters is 1. The minimum absolute atomic E-state index is 0.0680. The number of aliphatic hydroxyl groups is 2. The number of ether oxygens (including phenoxy) is 1. The van der Waals surface area contributed by atoms with Crippen LogP contribution in [0.4, 0.5) is 0 Å². The summed E-state index contributed by atoms with van der Waals surface area (Å²) in [6, 6.07) is -0.703. The zero-order valence-corrected chi connectivity index (χ0v) is 38.7. The summed E-state index contributed by atoms with van der Waals surface area (Å²) in [5.41, 5.74) is 0. The lowest BCUT2D eigenvalue weighted by molar-refractivity contribution is -0.151. The third kappa shape index (κ3) is 40.8. The van der Waals surface area contributed by atoms with Gasteiger partial charge in [0.2, 0.25) is 5.91 Å². The molecule has 58 heavy (non-hydrogen) atoms. The van der Waals surface area contributed by atoms with Gasteiger partial charge in [-0.15, -0.1) is 0 Å². The van der Waals surface area contributed by atoms with Gasteiger partial charge in [-0.1, -0.05) is 198 Å². The maximum absolute atomic E-state index is 13.2. The molecule has 0 aromatic heterocycles. The van der Waals surface area contributed by atoms with Gasteiger partial charge >= 0.3 is 5.97 Å². The Balaban J connectivity index is 4.61. The number of nitrogens with one attached hydrogen (secondary N) is 1. The van der Waals surface area contributed by atoms with Crippen molar-refractivity contribution in [3.05, 3.63) is 36.5 Å². The molecular weight excluding hydrogens is 719 g/mol. The molecule has 3 unspecified atom stereocenters. The Labute approximate surface area is 360 Å². The molecule has 0 heterocycles. The highest BCUT2D eigenvalue weighted by molar-refractivity contribution is 5.77. The van der Waals surface area contributed by atoms with Gasteiger partial charge in [-0.05, 0) is 83.5 Å². The molecule has 340 valence electrons. The summed E-state index contributed by atoms with van der Waals surface area (Å²) in [5, 5.41) is 23.7. The van der Waals surface area contributed by atoms with Crippen LogP contribution in [0.2, 0.25) is 0 Å². The Bertz CT molecular complexity index is 961. The van der Waals surface area contributed by atoms with Crippen molar-refractivity contribution >= 4 is 11.9 Å². The van der Waals surface area contributed by atoms with E-state index in [-0.39, 0.29) is 24.9 Å². The minimum atomic E-state index is -0.789. The highest BCUT2D eigenvalue weighted by Gasteiger charge is 2.24. The van der Waals surface area contributed by atoms with E-state index in [2.05, 4.69) is 62.5 Å². The summed E-state index contributed by atoms with van der Waals surface area (Å²) >= 11 is 0. The maximum atomic E-state index is 13.2. The maximum Gasteiger partial charge on any atom is 0.306 e. The van der Waals surface area contributed by atoms with Gasteiger partial charge in [0.15, 0.2) is 0 Å². The second kappa shape index (κ2) is 46.2. The molecule has 0 aromatic rings. The van der Waals surface area contributed by atoms with Crippen molar-refractivity contribution in [2.75, 3.05) is 6.61 Å². The van der Waals surface area contributed by atoms with Crippen LogP contribution >= 0.6 is 0 Å². The number of amides is 1. The summed E-state index contributed by atoms with van der Waals surface area (Å²) in [6.07, 6.45) is 53.5. The molecule has 3 N–H and O–H groups in total. The number of carbonyl (C=O) groups excluding carboxylic acids is 2. The zero-order valence-electron chi connectivity index (χ0n) is 38.7. The van der Waals surface area contributed by atoms with E-state index in [0.29, 0.717) is 19.3 Å². The zero-order chi connectivity index (χ0) is 42.4. The van der Waals surface area contributed by atoms with Gasteiger partial charge in [-0.2, -0.15) is 0 Å². The van der Waals surface area contributed by atoms with E-state index in [0.717, 1.165) is 77.0 Å². The monoisotopic (exact) mass is 816 g/mol. The van der Waals surface area contributed by atoms with Crippen LogP contribution in [0.15, 0.2) is 36.5 Å². The number of rotatable bonds is 45. The van der Waals surface area contributed by atoms with Gasteiger partial charge < -0.3 is 20.3 Å². The summed E-state index contributed by atoms with van der Waals surface area (Å²) in [7, 11) is 0. The predicted molar refractivity (Wildman–Crippen MR) is 250 cm³/mol. The van der Waals surface area contributed by atoms with Crippen molar-refractivity contribution in [2.45, 2.75) is 277 Å². The van der Waals surface area contributed by atoms with Crippen LogP contribution in [0.1, 0.15) is 258 Å². The third-order valence-electron chi connectivity index (χ3n) is 11.4. The quantitative estimate of drug-likeness (QED) is 0.0323. The molecular formula is C52H97NO5. The first kappa shape index (κ1) is 56.1. The van der Waals surface area contributed by atoms with Crippen LogP contribution in [0.25, 0.3) is 0 Å². The minimum Gasteiger partial charge on any atom is -0.462 e. The molecule has 6 nitrogen and oxygen atoms in total. The fourth-order valence-corrected chi connectivity index (χ4v) is 7.57. The van der Waals surface area contributed by atoms with Crippen molar-refractivity contribution in [2.24, 2.45) is 0 Å². The second-order valence-corrected chi connectivity index (χ2v) is 17.2. The predicted octanol–water partition coefficient (Wildman–Crippen LogP) is 14.9. The Morgan fingerprint density at radius 3 is 1.36 bits per heavy atom. The van der Waals surface area contributed by atoms with Crippen molar-refractivity contribution in [1.82, 2.24) is 5.32 Å². The molecule has 0 spiro atoms. The van der Waals surface area contributed by atoms with Crippen LogP contribution in [-0.2, 0) is 14.3 Å². The first-order chi connectivity index (χ1) is 28.5. The molecule has 0 aromatic carbocycles. The molecule has 0 bridgehead atoms. The normalized spacial score (nSPS) is 13.5. The Hall–Kier alpha value is -1.92. The van der Waals surface area contributed by atoms with E-state index in [9.17, 15) is 19.8 Å². The van der Waals surface area contributed by atoms with Gasteiger partial charge in [-0.25, -0.2) is 0 Å². The lowest BCUT2D eigenvalue weighted by Crippen LogP contribution is -2.46. The van der Waals surface area contributed by atoms with E-state index < -0.39 is 18.2 Å². The number of hydrogen-bond acceptors (Lipinski definition) is 5. The fourth-order valence-electron chi connectivity index (χ4n) is 7.57. The van der Waals surface area contributed by atoms with E-state index in [1.165, 1.54) is 135 Å². The average molecular weight is 816 g/mol. The van der Waals surface area contributed by atoms with Gasteiger partial charge in [0.05, 0.1) is 25.2 Å². The highest BCUT2D eigenvalue weighted by Crippen LogP contribution is 2.17. The summed E-state index contributed by atoms with van der Waals surface area (Å²) in [4.78, 5) is 26.1. The Morgan fingerprint density at radius 2 is 0.879 bits per heavy atom. The van der Waals surface area contributed by atoms with Crippen LogP contribution in [0.3, 0.4) is 0 Å². The first-order valence-corrected chi connectivity index (χ1v) is 25.2. The molecule has 0 saturated heterocycles. The van der Waals surface area contributed by atoms with E-state index >= 15 is 0 Å². The fraction of sp³-hybridized carbons (Fsp3) is 0.846. The SMILES string of the molecule is CCCCC/C=C\C/C=C\CCCCCCCCCC(CC(=O)NC(CO)C(O)CCCCCCCCCCC)OC(=O)CCCCC/C=C\CCCCCCCC. The number of hydrogen-bond donors (Lipinski definition) is 3. The van der Waals surface area contributed by atoms with E-state index in [1.54, 1.807) is 0 Å². The highest BCUT2D eigenvalue weighted by atomic mass is 16.5. The molecule has 0 rings (SSSR count). The van der Waals surface area contributed by atoms with E-state index in [1.807, 2.05) is 0 Å². The molecule has 0 saturated carbocycles. The number of aliphatic hydroxyl groups excluding tert-OH is 2. The molecule has 0 radical (unpaired) electrons. The van der Waals surface area contributed by atoms with Crippen LogP contribution in [0, 0.1) is 0 Å². The molecule has 1 amide bonds. The smallest absolute Gasteiger partial charge is 0.306 e. The summed E-state index contributed by atoms with van der Waals surface area (Å²) < 4.78 is 5.92. The Morgan fingerprint density at radius 1 is 0.500 bits per heavy atom. The van der Waals surface area contributed by atoms with Crippen molar-refractivity contribution in [3.63, 3.8) is 0 Å². The standard InChI is InChI=1S/C52H97NO5/c1-4-7-10-13-16-19-21-23-24-25-26-28-29-32-34-37-40-43-48(58-52(57)45-42-39-36-33-30-27-22-20-17-14-11-8-5-2)46-51(56)53-49(47-54)50(55)44-41-38-35-31-18-15-12-9-6-3/h16,19,23-24,27,30,48-50,54-55H,4-15,17-18,20-22,25-26,28-29,31-47H2,1-3H3,(H,53,56)/b19-16-,24-23-,30-27-. The number of allylic oxidation sites excluding steroid dienone is 6. The Kier molecular flexibility index (Phi) is 44.6. The summed E-state index contributed by atoms with van der Waals surface area (Å²) in [5.74, 6) is -0.495. The molecule has 3 atom stereocenters. The molecule has 0 fully saturated rings. The van der Waals surface area contributed by atoms with Gasteiger partial charge in [0.25, 0.3) is 0 Å². The van der Waals surface area contributed by atoms with Crippen molar-refractivity contribution in [3.8, 4) is 0 Å². The number of unbranched alkanes of at least 4 members (excludes halogenated alkanes) is 27. The van der Waals surface area contributed by atoms with E-state index in [4.69, 9.17) is 4.74 Å². The van der Waals surface area contributed by atoms with Gasteiger partial charge in [-0.3, -0.25) is 9.59 Å². The van der Waals surface area contributed by atoms with Crippen molar-refractivity contribution < 1.29 is 24.5 Å². The lowest BCUT2D eigenvalue weighted by atomic mass is 10.0. The van der Waals surface area contributed by atoms with Gasteiger partial charge in [0.1, 0.15) is 6.10 Å². The molecule has 6 heteroatoms. The summed E-state index contributed by atoms with van der Waals surface area (Å²) in [6.45, 7) is 6.43. The molecule has 0 aliphatic rings. The largest absolute Gasteiger partial charge is 0.462 e. The van der Waals surface area contributed by atoms with Crippen molar-refractivity contribution in [1.29, 1.82) is 0 Å². The third-order valence-corrected chi connectivity index (χ3v) is 11.4.